The Balaban J connectivity index is 0.00000208. The van der Waals surface area contributed by atoms with Crippen LogP contribution < -0.4 is 5.32 Å². The quantitative estimate of drug-likeness (QED) is 0.909. The lowest BCUT2D eigenvalue weighted by molar-refractivity contribution is 0.0692. The van der Waals surface area contributed by atoms with Gasteiger partial charge in [0.05, 0.1) is 12.7 Å². The van der Waals surface area contributed by atoms with Crippen molar-refractivity contribution < 1.29 is 9.18 Å². The predicted octanol–water partition coefficient (Wildman–Crippen LogP) is 1.71. The summed E-state index contributed by atoms with van der Waals surface area (Å²) < 4.78 is 14.8. The molecule has 0 bridgehead atoms. The molecule has 1 aromatic carbocycles. The van der Waals surface area contributed by atoms with Gasteiger partial charge in [-0.25, -0.2) is 9.07 Å². The second-order valence-electron chi connectivity index (χ2n) is 5.81. The van der Waals surface area contributed by atoms with Crippen LogP contribution in [0.3, 0.4) is 0 Å². The van der Waals surface area contributed by atoms with E-state index in [4.69, 9.17) is 0 Å². The summed E-state index contributed by atoms with van der Waals surface area (Å²) in [6.07, 6.45) is 3.68. The summed E-state index contributed by atoms with van der Waals surface area (Å²) >= 11 is 0. The summed E-state index contributed by atoms with van der Waals surface area (Å²) in [6, 6.07) is 6.64. The van der Waals surface area contributed by atoms with Crippen molar-refractivity contribution in [2.45, 2.75) is 25.4 Å². The minimum absolute atomic E-state index is 0. The molecule has 1 aliphatic rings. The van der Waals surface area contributed by atoms with Gasteiger partial charge in [0.1, 0.15) is 5.82 Å². The van der Waals surface area contributed by atoms with Crippen LogP contribution in [0.2, 0.25) is 0 Å². The van der Waals surface area contributed by atoms with Gasteiger partial charge in [0, 0.05) is 19.1 Å². The molecule has 1 amide bonds. The Kier molecular flexibility index (Phi) is 6.28. The van der Waals surface area contributed by atoms with E-state index in [1.54, 1.807) is 21.8 Å². The molecule has 1 aliphatic heterocycles. The van der Waals surface area contributed by atoms with E-state index in [-0.39, 0.29) is 24.1 Å². The van der Waals surface area contributed by atoms with Gasteiger partial charge < -0.3 is 10.2 Å². The van der Waals surface area contributed by atoms with Crippen molar-refractivity contribution in [3.63, 3.8) is 0 Å². The Bertz CT molecular complexity index is 693. The number of likely N-dealkylation sites (tertiary alicyclic amines) is 1. The predicted molar refractivity (Wildman–Crippen MR) is 90.8 cm³/mol. The second kappa shape index (κ2) is 8.21. The summed E-state index contributed by atoms with van der Waals surface area (Å²) in [5.41, 5.74) is 1.11. The molecule has 0 spiro atoms. The molecule has 1 saturated heterocycles. The zero-order chi connectivity index (χ0) is 16.2. The number of hydrogen-bond donors (Lipinski definition) is 1. The molecule has 1 atom stereocenters. The molecule has 1 aromatic heterocycles. The highest BCUT2D eigenvalue weighted by Crippen LogP contribution is 2.13. The summed E-state index contributed by atoms with van der Waals surface area (Å²) in [7, 11) is 1.91. The number of benzene rings is 1. The van der Waals surface area contributed by atoms with E-state index in [0.29, 0.717) is 24.8 Å². The molecule has 1 N–H and O–H groups in total. The molecule has 2 heterocycles. The first kappa shape index (κ1) is 18.4. The first-order chi connectivity index (χ1) is 11.2. The minimum Gasteiger partial charge on any atom is -0.336 e. The van der Waals surface area contributed by atoms with Gasteiger partial charge in [-0.15, -0.1) is 17.5 Å². The monoisotopic (exact) mass is 353 g/mol. The van der Waals surface area contributed by atoms with E-state index in [0.717, 1.165) is 24.9 Å². The fourth-order valence-corrected chi connectivity index (χ4v) is 2.86. The van der Waals surface area contributed by atoms with Gasteiger partial charge in [0.25, 0.3) is 5.91 Å². The molecule has 0 saturated carbocycles. The van der Waals surface area contributed by atoms with Crippen LogP contribution in [-0.2, 0) is 6.54 Å². The number of carbonyl (C=O) groups is 1. The maximum Gasteiger partial charge on any atom is 0.276 e. The number of nitrogens with one attached hydrogen (secondary N) is 1. The Hall–Kier alpha value is -1.99. The number of rotatable bonds is 4. The van der Waals surface area contributed by atoms with E-state index < -0.39 is 0 Å². The average molecular weight is 354 g/mol. The molecule has 1 unspecified atom stereocenters. The number of hydrogen-bond acceptors (Lipinski definition) is 4. The average Bonchev–Trinajstić information content (AvgIpc) is 3.02. The van der Waals surface area contributed by atoms with Gasteiger partial charge in [-0.2, -0.15) is 0 Å². The van der Waals surface area contributed by atoms with Crippen molar-refractivity contribution in [1.82, 2.24) is 25.2 Å². The lowest BCUT2D eigenvalue weighted by atomic mass is 10.1. The molecule has 6 nitrogen and oxygen atoms in total. The highest BCUT2D eigenvalue weighted by Gasteiger charge is 2.25. The first-order valence-corrected chi connectivity index (χ1v) is 7.77. The zero-order valence-electron chi connectivity index (χ0n) is 13.5. The molecule has 0 radical (unpaired) electrons. The molecule has 3 rings (SSSR count). The van der Waals surface area contributed by atoms with Crippen LogP contribution in [0.1, 0.15) is 28.9 Å². The molecule has 130 valence electrons. The number of halogens is 2. The lowest BCUT2D eigenvalue weighted by Gasteiger charge is -2.31. The van der Waals surface area contributed by atoms with Gasteiger partial charge >= 0.3 is 0 Å². The minimum atomic E-state index is -0.287. The maximum atomic E-state index is 13.2. The number of carbonyl (C=O) groups excluding carboxylic acids is 1. The van der Waals surface area contributed by atoms with Crippen LogP contribution in [0.4, 0.5) is 4.39 Å². The van der Waals surface area contributed by atoms with Crippen molar-refractivity contribution in [1.29, 1.82) is 0 Å². The van der Waals surface area contributed by atoms with Crippen LogP contribution in [0.5, 0.6) is 0 Å². The normalized spacial score (nSPS) is 17.4. The highest BCUT2D eigenvalue weighted by atomic mass is 35.5. The van der Waals surface area contributed by atoms with Gasteiger partial charge in [0.2, 0.25) is 0 Å². The van der Waals surface area contributed by atoms with Crippen molar-refractivity contribution in [3.05, 3.63) is 47.5 Å². The number of likely N-dealkylation sites (N-methyl/N-ethyl adjacent to an activating group) is 1. The van der Waals surface area contributed by atoms with Gasteiger partial charge in [-0.05, 0) is 37.6 Å². The highest BCUT2D eigenvalue weighted by molar-refractivity contribution is 5.92. The zero-order valence-corrected chi connectivity index (χ0v) is 14.3. The summed E-state index contributed by atoms with van der Waals surface area (Å²) in [5, 5.41) is 11.2. The Morgan fingerprint density at radius 1 is 1.46 bits per heavy atom. The van der Waals surface area contributed by atoms with Gasteiger partial charge in [-0.3, -0.25) is 4.79 Å². The molecule has 24 heavy (non-hydrogen) atoms. The van der Waals surface area contributed by atoms with Gasteiger partial charge in [-0.1, -0.05) is 17.3 Å². The topological polar surface area (TPSA) is 63.1 Å². The Morgan fingerprint density at radius 3 is 3.04 bits per heavy atom. The lowest BCUT2D eigenvalue weighted by Crippen LogP contribution is -2.47. The summed E-state index contributed by atoms with van der Waals surface area (Å²) in [4.78, 5) is 14.3. The number of aromatic nitrogens is 3. The van der Waals surface area contributed by atoms with Gasteiger partial charge in [0.15, 0.2) is 5.69 Å². The molecular weight excluding hydrogens is 333 g/mol. The third-order valence-corrected chi connectivity index (χ3v) is 4.11. The molecule has 0 aliphatic carbocycles. The summed E-state index contributed by atoms with van der Waals surface area (Å²) in [6.45, 7) is 1.82. The van der Waals surface area contributed by atoms with Crippen LogP contribution in [-0.4, -0.2) is 52.0 Å². The Labute approximate surface area is 146 Å². The van der Waals surface area contributed by atoms with E-state index in [9.17, 15) is 9.18 Å². The van der Waals surface area contributed by atoms with Crippen LogP contribution in [0.25, 0.3) is 0 Å². The van der Waals surface area contributed by atoms with Crippen molar-refractivity contribution in [2.75, 3.05) is 20.1 Å². The smallest absolute Gasteiger partial charge is 0.276 e. The number of nitrogens with zero attached hydrogens (tertiary/aromatic N) is 4. The largest absolute Gasteiger partial charge is 0.336 e. The fraction of sp³-hybridized carbons (Fsp3) is 0.438. The SMILES string of the molecule is CNC1CCCN(C(=O)c2cn(Cc3cccc(F)c3)nn2)C1.Cl. The first-order valence-electron chi connectivity index (χ1n) is 7.77. The molecule has 8 heteroatoms. The van der Waals surface area contributed by atoms with Crippen molar-refractivity contribution >= 4 is 18.3 Å². The Morgan fingerprint density at radius 2 is 2.29 bits per heavy atom. The molecular formula is C16H21ClFN5O. The van der Waals surface area contributed by atoms with E-state index in [1.807, 2.05) is 13.1 Å². The number of amides is 1. The second-order valence-corrected chi connectivity index (χ2v) is 5.81. The summed E-state index contributed by atoms with van der Waals surface area (Å²) in [5.74, 6) is -0.388. The van der Waals surface area contributed by atoms with Crippen LogP contribution in [0, 0.1) is 5.82 Å². The van der Waals surface area contributed by atoms with Crippen molar-refractivity contribution in [2.24, 2.45) is 0 Å². The molecule has 1 fully saturated rings. The van der Waals surface area contributed by atoms with E-state index >= 15 is 0 Å². The standard InChI is InChI=1S/C16H20FN5O.ClH/c1-18-14-6-3-7-21(10-14)16(23)15-11-22(20-19-15)9-12-4-2-5-13(17)8-12;/h2,4-5,8,11,14,18H,3,6-7,9-10H2,1H3;1H. The maximum absolute atomic E-state index is 13.2. The number of piperidine rings is 1. The van der Waals surface area contributed by atoms with E-state index in [2.05, 4.69) is 15.6 Å². The third kappa shape index (κ3) is 4.30. The van der Waals surface area contributed by atoms with Crippen LogP contribution in [0.15, 0.2) is 30.5 Å². The van der Waals surface area contributed by atoms with E-state index in [1.165, 1.54) is 12.1 Å². The fourth-order valence-electron chi connectivity index (χ4n) is 2.86. The molecule has 2 aromatic rings. The third-order valence-electron chi connectivity index (χ3n) is 4.11. The van der Waals surface area contributed by atoms with Crippen LogP contribution >= 0.6 is 12.4 Å². The van der Waals surface area contributed by atoms with Crippen molar-refractivity contribution in [3.8, 4) is 0 Å².